The highest BCUT2D eigenvalue weighted by Crippen LogP contribution is 2.27. The van der Waals surface area contributed by atoms with Gasteiger partial charge >= 0.3 is 5.97 Å². The summed E-state index contributed by atoms with van der Waals surface area (Å²) in [5, 5.41) is 9.62. The number of phenolic OH excluding ortho intramolecular Hbond substituents is 1. The van der Waals surface area contributed by atoms with Crippen LogP contribution in [0, 0.1) is 0 Å². The Morgan fingerprint density at radius 3 is 2.60 bits per heavy atom. The minimum atomic E-state index is -0.628. The fourth-order valence-corrected chi connectivity index (χ4v) is 2.12. The predicted molar refractivity (Wildman–Crippen MR) is 88.9 cm³/mol. The molecule has 1 aromatic carbocycles. The molecule has 2 aromatic rings. The van der Waals surface area contributed by atoms with Gasteiger partial charge in [0.2, 0.25) is 5.78 Å². The highest BCUT2D eigenvalue weighted by Gasteiger charge is 2.14. The van der Waals surface area contributed by atoms with Crippen LogP contribution in [-0.4, -0.2) is 40.8 Å². The first-order valence-electron chi connectivity index (χ1n) is 7.82. The maximum Gasteiger partial charge on any atom is 0.306 e. The normalized spacial score (nSPS) is 10.3. The molecule has 0 saturated heterocycles. The van der Waals surface area contributed by atoms with Crippen molar-refractivity contribution >= 4 is 17.5 Å². The summed E-state index contributed by atoms with van der Waals surface area (Å²) in [6.45, 7) is 1.74. The van der Waals surface area contributed by atoms with Gasteiger partial charge in [0.05, 0.1) is 18.7 Å². The molecule has 25 heavy (non-hydrogen) atoms. The molecule has 0 aliphatic carbocycles. The van der Waals surface area contributed by atoms with Crippen molar-refractivity contribution < 1.29 is 29.0 Å². The number of H-pyrrole nitrogens is 1. The lowest BCUT2D eigenvalue weighted by Crippen LogP contribution is -2.15. The number of aromatic hydroxyl groups is 1. The van der Waals surface area contributed by atoms with Crippen LogP contribution in [0.15, 0.2) is 36.5 Å². The number of phenols is 1. The van der Waals surface area contributed by atoms with E-state index in [0.717, 1.165) is 0 Å². The third kappa shape index (κ3) is 5.20. The predicted octanol–water partition coefficient (Wildman–Crippen LogP) is 2.51. The number of Topliss-reactive ketones (excluding diaryl/α,β-unsaturated/α-hetero) is 2. The van der Waals surface area contributed by atoms with Crippen molar-refractivity contribution in [3.05, 3.63) is 47.8 Å². The minimum Gasteiger partial charge on any atom is -0.504 e. The Hall–Kier alpha value is -3.09. The Labute approximate surface area is 144 Å². The van der Waals surface area contributed by atoms with Gasteiger partial charge in [0.15, 0.2) is 23.9 Å². The molecule has 0 unspecified atom stereocenters. The Morgan fingerprint density at radius 2 is 1.92 bits per heavy atom. The van der Waals surface area contributed by atoms with Gasteiger partial charge in [0.25, 0.3) is 0 Å². The molecule has 0 fully saturated rings. The first kappa shape index (κ1) is 18.3. The number of nitrogens with one attached hydrogen (secondary N) is 1. The second kappa shape index (κ2) is 8.68. The average Bonchev–Trinajstić information content (AvgIpc) is 3.14. The zero-order valence-corrected chi connectivity index (χ0v) is 13.8. The number of carbonyl (C=O) groups excluding carboxylic acids is 3. The zero-order valence-electron chi connectivity index (χ0n) is 13.8. The van der Waals surface area contributed by atoms with E-state index in [0.29, 0.717) is 17.9 Å². The third-order valence-corrected chi connectivity index (χ3v) is 3.40. The Balaban J connectivity index is 1.82. The lowest BCUT2D eigenvalue weighted by molar-refractivity contribution is -0.142. The van der Waals surface area contributed by atoms with Crippen molar-refractivity contribution in [2.45, 2.75) is 19.8 Å². The molecule has 0 atom stereocenters. The number of aromatic nitrogens is 1. The molecular formula is C18H19NO6. The highest BCUT2D eigenvalue weighted by atomic mass is 16.5. The molecule has 0 aliphatic rings. The van der Waals surface area contributed by atoms with Gasteiger partial charge < -0.3 is 19.6 Å². The number of ether oxygens (including phenoxy) is 2. The molecule has 7 nitrogen and oxygen atoms in total. The van der Waals surface area contributed by atoms with Crippen molar-refractivity contribution in [1.29, 1.82) is 0 Å². The number of hydrogen-bond donors (Lipinski definition) is 2. The number of esters is 1. The molecule has 132 valence electrons. The zero-order chi connectivity index (χ0) is 18.2. The van der Waals surface area contributed by atoms with E-state index in [1.165, 1.54) is 18.2 Å². The van der Waals surface area contributed by atoms with Gasteiger partial charge in [-0.05, 0) is 37.3 Å². The molecule has 1 heterocycles. The maximum atomic E-state index is 12.1. The van der Waals surface area contributed by atoms with Gasteiger partial charge in [0.1, 0.15) is 0 Å². The summed E-state index contributed by atoms with van der Waals surface area (Å²) in [6.07, 6.45) is 1.40. The number of hydrogen-bond acceptors (Lipinski definition) is 6. The van der Waals surface area contributed by atoms with Gasteiger partial charge in [-0.1, -0.05) is 0 Å². The topological polar surface area (TPSA) is 106 Å². The fourth-order valence-electron chi connectivity index (χ4n) is 2.12. The number of rotatable bonds is 9. The van der Waals surface area contributed by atoms with Crippen LogP contribution in [0.1, 0.15) is 40.6 Å². The van der Waals surface area contributed by atoms with Crippen molar-refractivity contribution in [3.8, 4) is 11.5 Å². The summed E-state index contributed by atoms with van der Waals surface area (Å²) >= 11 is 0. The van der Waals surface area contributed by atoms with Gasteiger partial charge in [-0.2, -0.15) is 0 Å². The van der Waals surface area contributed by atoms with Crippen LogP contribution in [0.5, 0.6) is 11.5 Å². The lowest BCUT2D eigenvalue weighted by Gasteiger charge is -2.08. The van der Waals surface area contributed by atoms with E-state index in [2.05, 4.69) is 4.98 Å². The second-order valence-electron chi connectivity index (χ2n) is 5.21. The molecule has 7 heteroatoms. The summed E-state index contributed by atoms with van der Waals surface area (Å²) in [4.78, 5) is 38.2. The average molecular weight is 345 g/mol. The lowest BCUT2D eigenvalue weighted by atomic mass is 10.1. The van der Waals surface area contributed by atoms with Gasteiger partial charge in [-0.15, -0.1) is 0 Å². The molecule has 1 aromatic heterocycles. The third-order valence-electron chi connectivity index (χ3n) is 3.40. The van der Waals surface area contributed by atoms with Gasteiger partial charge in [-0.25, -0.2) is 0 Å². The Kier molecular flexibility index (Phi) is 6.33. The fraction of sp³-hybridized carbons (Fsp3) is 0.278. The van der Waals surface area contributed by atoms with Gasteiger partial charge in [-0.3, -0.25) is 14.4 Å². The van der Waals surface area contributed by atoms with Crippen LogP contribution < -0.4 is 4.74 Å². The van der Waals surface area contributed by atoms with E-state index < -0.39 is 5.97 Å². The molecule has 0 radical (unpaired) electrons. The Morgan fingerprint density at radius 1 is 1.12 bits per heavy atom. The summed E-state index contributed by atoms with van der Waals surface area (Å²) in [5.41, 5.74) is 0.688. The standard InChI is InChI=1S/C18H19NO6/c1-2-24-17-10-12(5-6-15(17)21)14(20)7-8-18(23)25-11-16(22)13-4-3-9-19-13/h3-6,9-10,19,21H,2,7-8,11H2,1H3. The van der Waals surface area contributed by atoms with E-state index in [-0.39, 0.29) is 42.5 Å². The molecule has 0 spiro atoms. The van der Waals surface area contributed by atoms with Crippen molar-refractivity contribution in [3.63, 3.8) is 0 Å². The van der Waals surface area contributed by atoms with E-state index in [1.807, 2.05) is 0 Å². The quantitative estimate of drug-likeness (QED) is 0.534. The van der Waals surface area contributed by atoms with E-state index in [9.17, 15) is 19.5 Å². The van der Waals surface area contributed by atoms with E-state index >= 15 is 0 Å². The summed E-state index contributed by atoms with van der Waals surface area (Å²) in [5.74, 6) is -1.09. The summed E-state index contributed by atoms with van der Waals surface area (Å²) in [7, 11) is 0. The molecule has 0 bridgehead atoms. The second-order valence-corrected chi connectivity index (χ2v) is 5.21. The highest BCUT2D eigenvalue weighted by molar-refractivity contribution is 5.99. The molecule has 0 saturated carbocycles. The van der Waals surface area contributed by atoms with Crippen LogP contribution in [-0.2, 0) is 9.53 Å². The largest absolute Gasteiger partial charge is 0.504 e. The van der Waals surface area contributed by atoms with Crippen molar-refractivity contribution in [1.82, 2.24) is 4.98 Å². The maximum absolute atomic E-state index is 12.1. The van der Waals surface area contributed by atoms with Crippen LogP contribution in [0.2, 0.25) is 0 Å². The number of carbonyl (C=O) groups is 3. The summed E-state index contributed by atoms with van der Waals surface area (Å²) in [6, 6.07) is 7.51. The van der Waals surface area contributed by atoms with E-state index in [4.69, 9.17) is 9.47 Å². The Bertz CT molecular complexity index is 751. The molecule has 0 amide bonds. The first-order valence-corrected chi connectivity index (χ1v) is 7.82. The van der Waals surface area contributed by atoms with Crippen molar-refractivity contribution in [2.75, 3.05) is 13.2 Å². The SMILES string of the molecule is CCOc1cc(C(=O)CCC(=O)OCC(=O)c2ccc[nH]2)ccc1O. The number of ketones is 2. The molecule has 2 N–H and O–H groups in total. The first-order chi connectivity index (χ1) is 12.0. The number of benzene rings is 1. The van der Waals surface area contributed by atoms with Crippen LogP contribution in [0.25, 0.3) is 0 Å². The summed E-state index contributed by atoms with van der Waals surface area (Å²) < 4.78 is 10.1. The van der Waals surface area contributed by atoms with E-state index in [1.54, 1.807) is 25.3 Å². The molecule has 2 rings (SSSR count). The smallest absolute Gasteiger partial charge is 0.306 e. The van der Waals surface area contributed by atoms with Gasteiger partial charge in [0, 0.05) is 18.2 Å². The molecule has 0 aliphatic heterocycles. The van der Waals surface area contributed by atoms with Crippen molar-refractivity contribution in [2.24, 2.45) is 0 Å². The monoisotopic (exact) mass is 345 g/mol. The van der Waals surface area contributed by atoms with Crippen LogP contribution >= 0.6 is 0 Å². The van der Waals surface area contributed by atoms with Crippen LogP contribution in [0.3, 0.4) is 0 Å². The van der Waals surface area contributed by atoms with Crippen LogP contribution in [0.4, 0.5) is 0 Å². The number of aromatic amines is 1. The minimum absolute atomic E-state index is 0.0550. The molecular weight excluding hydrogens is 326 g/mol.